The molecule has 3 rings (SSSR count). The molecule has 0 unspecified atom stereocenters. The van der Waals surface area contributed by atoms with E-state index in [0.717, 1.165) is 24.3 Å². The van der Waals surface area contributed by atoms with Gasteiger partial charge in [-0.05, 0) is 67.6 Å². The molecule has 1 aliphatic rings. The third-order valence-corrected chi connectivity index (χ3v) is 4.43. The molecule has 25 heavy (non-hydrogen) atoms. The number of amides is 2. The molecular formula is C20H24FN3O. The minimum Gasteiger partial charge on any atom is -0.372 e. The molecule has 1 fully saturated rings. The van der Waals surface area contributed by atoms with Crippen molar-refractivity contribution in [3.8, 4) is 0 Å². The Balaban J connectivity index is 1.44. The first-order chi connectivity index (χ1) is 12.2. The number of nitrogens with one attached hydrogen (secondary N) is 2. The SMILES string of the molecule is O=C(NCCc1cccc(F)c1)Nc1ccc(N2CCCCC2)cc1. The maximum absolute atomic E-state index is 13.1. The number of hydrogen-bond acceptors (Lipinski definition) is 2. The largest absolute Gasteiger partial charge is 0.372 e. The van der Waals surface area contributed by atoms with E-state index in [2.05, 4.69) is 15.5 Å². The summed E-state index contributed by atoms with van der Waals surface area (Å²) >= 11 is 0. The second kappa shape index (κ2) is 8.51. The second-order valence-corrected chi connectivity index (χ2v) is 6.36. The van der Waals surface area contributed by atoms with Gasteiger partial charge in [0, 0.05) is 31.0 Å². The van der Waals surface area contributed by atoms with Crippen molar-refractivity contribution >= 4 is 17.4 Å². The van der Waals surface area contributed by atoms with Crippen molar-refractivity contribution < 1.29 is 9.18 Å². The Bertz CT molecular complexity index is 696. The highest BCUT2D eigenvalue weighted by atomic mass is 19.1. The third-order valence-electron chi connectivity index (χ3n) is 4.43. The van der Waals surface area contributed by atoms with Gasteiger partial charge in [-0.25, -0.2) is 9.18 Å². The van der Waals surface area contributed by atoms with Crippen molar-refractivity contribution in [3.63, 3.8) is 0 Å². The van der Waals surface area contributed by atoms with Crippen LogP contribution in [0.15, 0.2) is 48.5 Å². The number of nitrogens with zero attached hydrogens (tertiary/aromatic N) is 1. The summed E-state index contributed by atoms with van der Waals surface area (Å²) in [5.41, 5.74) is 2.84. The van der Waals surface area contributed by atoms with Crippen LogP contribution in [0.4, 0.5) is 20.6 Å². The van der Waals surface area contributed by atoms with Gasteiger partial charge in [0.15, 0.2) is 0 Å². The first kappa shape index (κ1) is 17.3. The van der Waals surface area contributed by atoms with E-state index in [-0.39, 0.29) is 11.8 Å². The molecular weight excluding hydrogens is 317 g/mol. The Labute approximate surface area is 148 Å². The lowest BCUT2D eigenvalue weighted by Gasteiger charge is -2.28. The Morgan fingerprint density at radius 3 is 2.52 bits per heavy atom. The van der Waals surface area contributed by atoms with Gasteiger partial charge in [-0.1, -0.05) is 12.1 Å². The molecule has 0 aliphatic carbocycles. The third kappa shape index (κ3) is 5.21. The molecule has 5 heteroatoms. The topological polar surface area (TPSA) is 44.4 Å². The molecule has 2 aromatic carbocycles. The van der Waals surface area contributed by atoms with E-state index >= 15 is 0 Å². The molecule has 0 spiro atoms. The number of anilines is 2. The zero-order chi connectivity index (χ0) is 17.5. The maximum Gasteiger partial charge on any atom is 0.319 e. The van der Waals surface area contributed by atoms with Crippen molar-refractivity contribution in [2.75, 3.05) is 29.9 Å². The highest BCUT2D eigenvalue weighted by Gasteiger charge is 2.10. The van der Waals surface area contributed by atoms with Crippen molar-refractivity contribution in [1.29, 1.82) is 0 Å². The van der Waals surface area contributed by atoms with E-state index in [1.54, 1.807) is 6.07 Å². The Morgan fingerprint density at radius 1 is 1.04 bits per heavy atom. The van der Waals surface area contributed by atoms with E-state index in [1.165, 1.54) is 37.1 Å². The summed E-state index contributed by atoms with van der Waals surface area (Å²) in [6, 6.07) is 14.1. The van der Waals surface area contributed by atoms with E-state index in [0.29, 0.717) is 13.0 Å². The fourth-order valence-corrected chi connectivity index (χ4v) is 3.10. The van der Waals surface area contributed by atoms with Gasteiger partial charge in [0.2, 0.25) is 0 Å². The predicted octanol–water partition coefficient (Wildman–Crippen LogP) is 4.18. The zero-order valence-corrected chi connectivity index (χ0v) is 14.3. The minimum absolute atomic E-state index is 0.248. The molecule has 1 saturated heterocycles. The average molecular weight is 341 g/mol. The summed E-state index contributed by atoms with van der Waals surface area (Å²) in [5, 5.41) is 5.62. The average Bonchev–Trinajstić information content (AvgIpc) is 2.63. The van der Waals surface area contributed by atoms with Crippen LogP contribution >= 0.6 is 0 Å². The molecule has 0 radical (unpaired) electrons. The van der Waals surface area contributed by atoms with Crippen LogP contribution in [0.1, 0.15) is 24.8 Å². The summed E-state index contributed by atoms with van der Waals surface area (Å²) in [6.07, 6.45) is 4.40. The minimum atomic E-state index is -0.254. The number of carbonyl (C=O) groups excluding carboxylic acids is 1. The summed E-state index contributed by atoms with van der Waals surface area (Å²) in [6.45, 7) is 2.67. The van der Waals surface area contributed by atoms with Crippen LogP contribution in [0, 0.1) is 5.82 Å². The zero-order valence-electron chi connectivity index (χ0n) is 14.3. The van der Waals surface area contributed by atoms with Gasteiger partial charge in [0.1, 0.15) is 5.82 Å². The van der Waals surface area contributed by atoms with Crippen molar-refractivity contribution in [3.05, 3.63) is 59.9 Å². The van der Waals surface area contributed by atoms with Crippen LogP contribution in [0.3, 0.4) is 0 Å². The highest BCUT2D eigenvalue weighted by molar-refractivity contribution is 5.89. The molecule has 2 amide bonds. The molecule has 0 bridgehead atoms. The Kier molecular flexibility index (Phi) is 5.88. The molecule has 0 aromatic heterocycles. The molecule has 2 N–H and O–H groups in total. The normalized spacial score (nSPS) is 14.2. The lowest BCUT2D eigenvalue weighted by molar-refractivity contribution is 0.252. The Morgan fingerprint density at radius 2 is 1.80 bits per heavy atom. The first-order valence-electron chi connectivity index (χ1n) is 8.85. The molecule has 4 nitrogen and oxygen atoms in total. The van der Waals surface area contributed by atoms with Crippen LogP contribution in [0.5, 0.6) is 0 Å². The van der Waals surface area contributed by atoms with Gasteiger partial charge in [-0.15, -0.1) is 0 Å². The van der Waals surface area contributed by atoms with Gasteiger partial charge in [-0.2, -0.15) is 0 Å². The number of carbonyl (C=O) groups is 1. The smallest absolute Gasteiger partial charge is 0.319 e. The van der Waals surface area contributed by atoms with E-state index in [9.17, 15) is 9.18 Å². The molecule has 2 aromatic rings. The van der Waals surface area contributed by atoms with Gasteiger partial charge in [-0.3, -0.25) is 0 Å². The molecule has 132 valence electrons. The van der Waals surface area contributed by atoms with Crippen LogP contribution in [0.25, 0.3) is 0 Å². The van der Waals surface area contributed by atoms with Gasteiger partial charge in [0.25, 0.3) is 0 Å². The summed E-state index contributed by atoms with van der Waals surface area (Å²) in [7, 11) is 0. The van der Waals surface area contributed by atoms with Gasteiger partial charge < -0.3 is 15.5 Å². The number of urea groups is 1. The fraction of sp³-hybridized carbons (Fsp3) is 0.350. The Hall–Kier alpha value is -2.56. The van der Waals surface area contributed by atoms with Gasteiger partial charge >= 0.3 is 6.03 Å². The summed E-state index contributed by atoms with van der Waals surface area (Å²) in [5.74, 6) is -0.254. The second-order valence-electron chi connectivity index (χ2n) is 6.36. The van der Waals surface area contributed by atoms with Crippen molar-refractivity contribution in [1.82, 2.24) is 5.32 Å². The lowest BCUT2D eigenvalue weighted by Crippen LogP contribution is -2.30. The highest BCUT2D eigenvalue weighted by Crippen LogP contribution is 2.21. The molecule has 0 atom stereocenters. The number of halogens is 1. The molecule has 1 aliphatic heterocycles. The number of hydrogen-bond donors (Lipinski definition) is 2. The lowest BCUT2D eigenvalue weighted by atomic mass is 10.1. The maximum atomic E-state index is 13.1. The molecule has 1 heterocycles. The van der Waals surface area contributed by atoms with Crippen LogP contribution < -0.4 is 15.5 Å². The molecule has 0 saturated carbocycles. The van der Waals surface area contributed by atoms with Crippen LogP contribution in [-0.4, -0.2) is 25.7 Å². The van der Waals surface area contributed by atoms with Crippen LogP contribution in [-0.2, 0) is 6.42 Å². The van der Waals surface area contributed by atoms with Crippen molar-refractivity contribution in [2.45, 2.75) is 25.7 Å². The summed E-state index contributed by atoms with van der Waals surface area (Å²) < 4.78 is 13.1. The first-order valence-corrected chi connectivity index (χ1v) is 8.85. The van der Waals surface area contributed by atoms with E-state index in [1.807, 2.05) is 30.3 Å². The number of piperidine rings is 1. The van der Waals surface area contributed by atoms with Crippen LogP contribution in [0.2, 0.25) is 0 Å². The number of rotatable bonds is 5. The fourth-order valence-electron chi connectivity index (χ4n) is 3.10. The number of benzene rings is 2. The monoisotopic (exact) mass is 341 g/mol. The van der Waals surface area contributed by atoms with E-state index < -0.39 is 0 Å². The standard InChI is InChI=1S/C20H24FN3O/c21-17-6-4-5-16(15-17)11-12-22-20(25)23-18-7-9-19(10-8-18)24-13-2-1-3-14-24/h4-10,15H,1-3,11-14H2,(H2,22,23,25). The quantitative estimate of drug-likeness (QED) is 0.857. The predicted molar refractivity (Wildman–Crippen MR) is 99.6 cm³/mol. The van der Waals surface area contributed by atoms with Crippen molar-refractivity contribution in [2.24, 2.45) is 0 Å². The van der Waals surface area contributed by atoms with E-state index in [4.69, 9.17) is 0 Å². The van der Waals surface area contributed by atoms with Gasteiger partial charge in [0.05, 0.1) is 0 Å². The summed E-state index contributed by atoms with van der Waals surface area (Å²) in [4.78, 5) is 14.3.